The Morgan fingerprint density at radius 2 is 1.60 bits per heavy atom. The van der Waals surface area contributed by atoms with Gasteiger partial charge in [0, 0.05) is 17.9 Å². The zero-order valence-corrected chi connectivity index (χ0v) is 11.8. The number of hydrogen-bond acceptors (Lipinski definition) is 2. The first kappa shape index (κ1) is 14.1. The Balaban J connectivity index is 2.04. The zero-order valence-electron chi connectivity index (χ0n) is 11.8. The van der Waals surface area contributed by atoms with Crippen LogP contribution in [0.4, 0.5) is 16.2 Å². The van der Waals surface area contributed by atoms with E-state index in [2.05, 4.69) is 15.5 Å². The van der Waals surface area contributed by atoms with Crippen LogP contribution in [0.25, 0.3) is 0 Å². The molecule has 0 aliphatic carbocycles. The van der Waals surface area contributed by atoms with Gasteiger partial charge in [0.15, 0.2) is 0 Å². The van der Waals surface area contributed by atoms with Gasteiger partial charge in [-0.25, -0.2) is 4.79 Å². The molecule has 0 saturated heterocycles. The molecule has 0 unspecified atom stereocenters. The Morgan fingerprint density at radius 3 is 2.30 bits per heavy atom. The van der Waals surface area contributed by atoms with Crippen LogP contribution < -0.4 is 10.6 Å². The number of amides is 2. The molecular weight excluding hydrogens is 250 g/mol. The molecule has 20 heavy (non-hydrogen) atoms. The first-order valence-electron chi connectivity index (χ1n) is 6.51. The summed E-state index contributed by atoms with van der Waals surface area (Å²) in [6.45, 7) is 0.780. The minimum Gasteiger partial charge on any atom is -0.308 e. The highest BCUT2D eigenvalue weighted by Crippen LogP contribution is 2.17. The lowest BCUT2D eigenvalue weighted by molar-refractivity contribution is 0.262. The van der Waals surface area contributed by atoms with Crippen LogP contribution >= 0.6 is 0 Å². The highest BCUT2D eigenvalue weighted by molar-refractivity contribution is 6.00. The smallest absolute Gasteiger partial charge is 0.308 e. The quantitative estimate of drug-likeness (QED) is 0.893. The lowest BCUT2D eigenvalue weighted by atomic mass is 10.1. The molecular formula is C16H19N3O. The number of carbonyl (C=O) groups is 1. The summed E-state index contributed by atoms with van der Waals surface area (Å²) >= 11 is 0. The van der Waals surface area contributed by atoms with Crippen molar-refractivity contribution < 1.29 is 4.79 Å². The van der Waals surface area contributed by atoms with Gasteiger partial charge >= 0.3 is 6.03 Å². The van der Waals surface area contributed by atoms with E-state index in [1.807, 2.05) is 68.7 Å². The lowest BCUT2D eigenvalue weighted by Gasteiger charge is -2.15. The number of nitrogens with zero attached hydrogens (tertiary/aromatic N) is 1. The number of nitrogens with one attached hydrogen (secondary N) is 2. The molecule has 2 N–H and O–H groups in total. The van der Waals surface area contributed by atoms with Crippen molar-refractivity contribution in [1.29, 1.82) is 0 Å². The van der Waals surface area contributed by atoms with Crippen molar-refractivity contribution in [3.05, 3.63) is 60.2 Å². The van der Waals surface area contributed by atoms with E-state index in [9.17, 15) is 4.79 Å². The summed E-state index contributed by atoms with van der Waals surface area (Å²) in [6.07, 6.45) is 0. The number of rotatable bonds is 4. The standard InChI is InChI=1S/C16H19N3O/c1-19(2)12-13-8-6-7-11-15(13)18-16(20)17-14-9-4-3-5-10-14/h3-11H,12H2,1-2H3,(H2,17,18,20). The maximum absolute atomic E-state index is 12.0. The van der Waals surface area contributed by atoms with Crippen LogP contribution in [0.15, 0.2) is 54.6 Å². The topological polar surface area (TPSA) is 44.4 Å². The number of anilines is 2. The molecule has 0 spiro atoms. The van der Waals surface area contributed by atoms with Gasteiger partial charge in [0.2, 0.25) is 0 Å². The van der Waals surface area contributed by atoms with Gasteiger partial charge in [0.05, 0.1) is 0 Å². The monoisotopic (exact) mass is 269 g/mol. The van der Waals surface area contributed by atoms with Gasteiger partial charge in [-0.1, -0.05) is 36.4 Å². The Labute approximate surface area is 119 Å². The number of hydrogen-bond donors (Lipinski definition) is 2. The molecule has 2 rings (SSSR count). The minimum atomic E-state index is -0.234. The molecule has 0 atom stereocenters. The highest BCUT2D eigenvalue weighted by Gasteiger charge is 2.07. The molecule has 0 fully saturated rings. The van der Waals surface area contributed by atoms with Crippen LogP contribution in [-0.2, 0) is 6.54 Å². The number of benzene rings is 2. The minimum absolute atomic E-state index is 0.234. The van der Waals surface area contributed by atoms with E-state index in [0.717, 1.165) is 23.5 Å². The first-order valence-corrected chi connectivity index (χ1v) is 6.51. The van der Waals surface area contributed by atoms with Crippen molar-refractivity contribution in [1.82, 2.24) is 4.90 Å². The maximum atomic E-state index is 12.0. The van der Waals surface area contributed by atoms with E-state index in [0.29, 0.717) is 0 Å². The molecule has 0 saturated carbocycles. The summed E-state index contributed by atoms with van der Waals surface area (Å²) in [5.74, 6) is 0. The summed E-state index contributed by atoms with van der Waals surface area (Å²) in [5, 5.41) is 5.69. The molecule has 0 bridgehead atoms. The van der Waals surface area contributed by atoms with Gasteiger partial charge in [0.25, 0.3) is 0 Å². The Morgan fingerprint density at radius 1 is 0.950 bits per heavy atom. The van der Waals surface area contributed by atoms with Crippen LogP contribution in [0, 0.1) is 0 Å². The van der Waals surface area contributed by atoms with Crippen LogP contribution in [-0.4, -0.2) is 25.0 Å². The van der Waals surface area contributed by atoms with Crippen molar-refractivity contribution in [3.63, 3.8) is 0 Å². The molecule has 4 heteroatoms. The van der Waals surface area contributed by atoms with E-state index >= 15 is 0 Å². The van der Waals surface area contributed by atoms with Crippen molar-refractivity contribution in [2.45, 2.75) is 6.54 Å². The SMILES string of the molecule is CN(C)Cc1ccccc1NC(=O)Nc1ccccc1. The molecule has 4 nitrogen and oxygen atoms in total. The van der Waals surface area contributed by atoms with Crippen molar-refractivity contribution >= 4 is 17.4 Å². The molecule has 104 valence electrons. The highest BCUT2D eigenvalue weighted by atomic mass is 16.2. The fraction of sp³-hybridized carbons (Fsp3) is 0.188. The summed E-state index contributed by atoms with van der Waals surface area (Å²) in [6, 6.07) is 17.0. The first-order chi connectivity index (χ1) is 9.65. The average Bonchev–Trinajstić information content (AvgIpc) is 2.41. The number of urea groups is 1. The third-order valence-electron chi connectivity index (χ3n) is 2.78. The Kier molecular flexibility index (Phi) is 4.74. The molecule has 0 aliphatic heterocycles. The van der Waals surface area contributed by atoms with Crippen LogP contribution in [0.3, 0.4) is 0 Å². The fourth-order valence-electron chi connectivity index (χ4n) is 1.93. The van der Waals surface area contributed by atoms with Crippen LogP contribution in [0.1, 0.15) is 5.56 Å². The third kappa shape index (κ3) is 4.10. The van der Waals surface area contributed by atoms with Crippen LogP contribution in [0.5, 0.6) is 0 Å². The molecule has 2 aromatic carbocycles. The van der Waals surface area contributed by atoms with Gasteiger partial charge in [-0.2, -0.15) is 0 Å². The van der Waals surface area contributed by atoms with E-state index in [4.69, 9.17) is 0 Å². The average molecular weight is 269 g/mol. The fourth-order valence-corrected chi connectivity index (χ4v) is 1.93. The molecule has 0 radical (unpaired) electrons. The largest absolute Gasteiger partial charge is 0.323 e. The van der Waals surface area contributed by atoms with Crippen molar-refractivity contribution in [2.75, 3.05) is 24.7 Å². The second-order valence-corrected chi connectivity index (χ2v) is 4.84. The van der Waals surface area contributed by atoms with Gasteiger partial charge < -0.3 is 15.5 Å². The summed E-state index contributed by atoms with van der Waals surface area (Å²) in [5.41, 5.74) is 2.69. The van der Waals surface area contributed by atoms with E-state index in [1.165, 1.54) is 0 Å². The predicted molar refractivity (Wildman–Crippen MR) is 82.9 cm³/mol. The molecule has 0 aromatic heterocycles. The second-order valence-electron chi connectivity index (χ2n) is 4.84. The van der Waals surface area contributed by atoms with Crippen molar-refractivity contribution in [2.24, 2.45) is 0 Å². The predicted octanol–water partition coefficient (Wildman–Crippen LogP) is 3.39. The van der Waals surface area contributed by atoms with Gasteiger partial charge in [-0.05, 0) is 37.9 Å². The van der Waals surface area contributed by atoms with Gasteiger partial charge in [-0.15, -0.1) is 0 Å². The molecule has 2 aromatic rings. The summed E-state index contributed by atoms with van der Waals surface area (Å²) < 4.78 is 0. The Bertz CT molecular complexity index is 567. The lowest BCUT2D eigenvalue weighted by Crippen LogP contribution is -2.21. The summed E-state index contributed by atoms with van der Waals surface area (Å²) in [7, 11) is 4.00. The second kappa shape index (κ2) is 6.73. The maximum Gasteiger partial charge on any atom is 0.323 e. The molecule has 0 aliphatic rings. The van der Waals surface area contributed by atoms with E-state index in [-0.39, 0.29) is 6.03 Å². The van der Waals surface area contributed by atoms with E-state index < -0.39 is 0 Å². The third-order valence-corrected chi connectivity index (χ3v) is 2.78. The van der Waals surface area contributed by atoms with Crippen LogP contribution in [0.2, 0.25) is 0 Å². The van der Waals surface area contributed by atoms with Gasteiger partial charge in [0.1, 0.15) is 0 Å². The van der Waals surface area contributed by atoms with Crippen molar-refractivity contribution in [3.8, 4) is 0 Å². The molecule has 0 heterocycles. The van der Waals surface area contributed by atoms with Gasteiger partial charge in [-0.3, -0.25) is 0 Å². The zero-order chi connectivity index (χ0) is 14.4. The summed E-state index contributed by atoms with van der Waals surface area (Å²) in [4.78, 5) is 14.0. The number of para-hydroxylation sites is 2. The number of carbonyl (C=O) groups excluding carboxylic acids is 1. The normalized spacial score (nSPS) is 10.3. The van der Waals surface area contributed by atoms with E-state index in [1.54, 1.807) is 0 Å². The molecule has 2 amide bonds. The Hall–Kier alpha value is -2.33.